The maximum absolute atomic E-state index is 12.3. The van der Waals surface area contributed by atoms with Crippen molar-refractivity contribution in [3.63, 3.8) is 0 Å². The summed E-state index contributed by atoms with van der Waals surface area (Å²) in [5.74, 6) is -0.763. The first-order chi connectivity index (χ1) is 10.1. The van der Waals surface area contributed by atoms with Gasteiger partial charge in [0.15, 0.2) is 6.67 Å². The third kappa shape index (κ3) is 2.53. The number of rotatable bonds is 3. The Morgan fingerprint density at radius 3 is 2.90 bits per heavy atom. The topological polar surface area (TPSA) is 41.8 Å². The molecule has 21 heavy (non-hydrogen) atoms. The number of benzene rings is 1. The summed E-state index contributed by atoms with van der Waals surface area (Å²) in [6.45, 7) is 3.88. The molecular formula is C16H20BrN2O2+. The minimum absolute atomic E-state index is 0.379. The number of para-hydroxylation sites is 1. The number of nitrogens with zero attached hydrogens (tertiary/aromatic N) is 1. The highest BCUT2D eigenvalue weighted by atomic mass is 79.9. The average Bonchev–Trinajstić information content (AvgIpc) is 2.74. The van der Waals surface area contributed by atoms with Gasteiger partial charge in [0.1, 0.15) is 0 Å². The fourth-order valence-electron chi connectivity index (χ4n) is 3.52. The van der Waals surface area contributed by atoms with E-state index in [1.165, 1.54) is 24.2 Å². The molecule has 1 aromatic rings. The molecule has 1 N–H and O–H groups in total. The van der Waals surface area contributed by atoms with Crippen LogP contribution in [0.25, 0.3) is 0 Å². The number of hydrogen-bond donors (Lipinski definition) is 1. The molecule has 2 atom stereocenters. The number of Topliss-reactive ketones (excluding diaryl/α,β-unsaturated/α-hetero) is 1. The standard InChI is InChI=1S/C16H19BrN2O2/c1-2-11-6-3-4-9-18(11)10-19-14-12(15(20)16(19)21)7-5-8-13(14)17/h5,7-8,11H,2-4,6,9-10H2,1H3/p+1/t11-/m0/s1. The Bertz CT molecular complexity index is 588. The number of ketones is 1. The van der Waals surface area contributed by atoms with Crippen LogP contribution < -0.4 is 9.80 Å². The lowest BCUT2D eigenvalue weighted by molar-refractivity contribution is -0.929. The van der Waals surface area contributed by atoms with Crippen LogP contribution in [-0.2, 0) is 4.79 Å². The van der Waals surface area contributed by atoms with Crippen molar-refractivity contribution in [2.45, 2.75) is 38.6 Å². The van der Waals surface area contributed by atoms with E-state index >= 15 is 0 Å². The van der Waals surface area contributed by atoms with Gasteiger partial charge in [-0.2, -0.15) is 0 Å². The second-order valence-electron chi connectivity index (χ2n) is 5.87. The molecule has 1 unspecified atom stereocenters. The number of nitrogens with one attached hydrogen (secondary N) is 1. The summed E-state index contributed by atoms with van der Waals surface area (Å²) < 4.78 is 0.823. The molecule has 0 spiro atoms. The number of halogens is 1. The third-order valence-electron chi connectivity index (χ3n) is 4.67. The zero-order chi connectivity index (χ0) is 15.0. The van der Waals surface area contributed by atoms with Crippen molar-refractivity contribution in [2.75, 3.05) is 18.1 Å². The Morgan fingerprint density at radius 1 is 1.33 bits per heavy atom. The average molecular weight is 352 g/mol. The normalized spacial score (nSPS) is 25.3. The van der Waals surface area contributed by atoms with Crippen molar-refractivity contribution >= 4 is 33.3 Å². The molecule has 2 aliphatic heterocycles. The molecule has 112 valence electrons. The zero-order valence-electron chi connectivity index (χ0n) is 12.2. The number of amides is 1. The van der Waals surface area contributed by atoms with Gasteiger partial charge in [-0.1, -0.05) is 13.0 Å². The Labute approximate surface area is 133 Å². The van der Waals surface area contributed by atoms with Crippen molar-refractivity contribution in [1.82, 2.24) is 0 Å². The second kappa shape index (κ2) is 5.89. The summed E-state index contributed by atoms with van der Waals surface area (Å²) in [6.07, 6.45) is 4.80. The predicted octanol–water partition coefficient (Wildman–Crippen LogP) is 1.78. The number of likely N-dealkylation sites (tertiary alicyclic amines) is 1. The maximum Gasteiger partial charge on any atom is 0.303 e. The lowest BCUT2D eigenvalue weighted by Crippen LogP contribution is -3.18. The quantitative estimate of drug-likeness (QED) is 0.843. The first kappa shape index (κ1) is 14.7. The molecule has 5 heteroatoms. The van der Waals surface area contributed by atoms with Crippen molar-refractivity contribution in [3.05, 3.63) is 28.2 Å². The third-order valence-corrected chi connectivity index (χ3v) is 5.31. The number of carbonyl (C=O) groups excluding carboxylic acids is 2. The lowest BCUT2D eigenvalue weighted by Gasteiger charge is -2.34. The van der Waals surface area contributed by atoms with Crippen molar-refractivity contribution in [3.8, 4) is 0 Å². The summed E-state index contributed by atoms with van der Waals surface area (Å²) in [6, 6.07) is 6.03. The van der Waals surface area contributed by atoms with E-state index in [0.29, 0.717) is 18.3 Å². The van der Waals surface area contributed by atoms with Crippen LogP contribution in [0.5, 0.6) is 0 Å². The number of carbonyl (C=O) groups is 2. The van der Waals surface area contributed by atoms with Crippen LogP contribution in [0.4, 0.5) is 5.69 Å². The number of quaternary nitrogens is 1. The van der Waals surface area contributed by atoms with E-state index in [2.05, 4.69) is 22.9 Å². The van der Waals surface area contributed by atoms with E-state index in [-0.39, 0.29) is 11.7 Å². The van der Waals surface area contributed by atoms with Crippen LogP contribution in [0.15, 0.2) is 22.7 Å². The Hall–Kier alpha value is -1.20. The Kier molecular flexibility index (Phi) is 4.13. The van der Waals surface area contributed by atoms with Crippen LogP contribution >= 0.6 is 15.9 Å². The molecule has 0 aliphatic carbocycles. The number of piperidine rings is 1. The number of anilines is 1. The van der Waals surface area contributed by atoms with E-state index < -0.39 is 0 Å². The number of hydrogen-bond acceptors (Lipinski definition) is 2. The monoisotopic (exact) mass is 351 g/mol. The SMILES string of the molecule is CC[C@H]1CCCC[NH+]1CN1C(=O)C(=O)c2cccc(Br)c21. The first-order valence-electron chi connectivity index (χ1n) is 7.62. The minimum Gasteiger partial charge on any atom is -0.315 e. The molecule has 0 radical (unpaired) electrons. The maximum atomic E-state index is 12.3. The van der Waals surface area contributed by atoms with Crippen molar-refractivity contribution in [1.29, 1.82) is 0 Å². The minimum atomic E-state index is -0.384. The summed E-state index contributed by atoms with van der Waals surface area (Å²) in [5, 5.41) is 0. The molecule has 0 aromatic heterocycles. The second-order valence-corrected chi connectivity index (χ2v) is 6.72. The molecule has 1 fully saturated rings. The van der Waals surface area contributed by atoms with Crippen LogP contribution in [0.3, 0.4) is 0 Å². The molecule has 2 aliphatic rings. The van der Waals surface area contributed by atoms with E-state index in [0.717, 1.165) is 23.1 Å². The fourth-order valence-corrected chi connectivity index (χ4v) is 4.10. The van der Waals surface area contributed by atoms with Gasteiger partial charge in [-0.25, -0.2) is 0 Å². The van der Waals surface area contributed by atoms with Crippen molar-refractivity contribution < 1.29 is 14.5 Å². The Balaban J connectivity index is 1.89. The lowest BCUT2D eigenvalue weighted by atomic mass is 10.0. The van der Waals surface area contributed by atoms with Crippen LogP contribution in [0.1, 0.15) is 43.0 Å². The highest BCUT2D eigenvalue weighted by Crippen LogP contribution is 2.35. The first-order valence-corrected chi connectivity index (χ1v) is 8.42. The summed E-state index contributed by atoms with van der Waals surface area (Å²) >= 11 is 3.48. The van der Waals surface area contributed by atoms with Gasteiger partial charge < -0.3 is 4.90 Å². The van der Waals surface area contributed by atoms with Gasteiger partial charge in [-0.05, 0) is 53.7 Å². The van der Waals surface area contributed by atoms with Gasteiger partial charge in [0.05, 0.1) is 23.8 Å². The molecule has 3 rings (SSSR count). The fraction of sp³-hybridized carbons (Fsp3) is 0.500. The summed E-state index contributed by atoms with van der Waals surface area (Å²) in [5.41, 5.74) is 1.28. The molecule has 1 amide bonds. The van der Waals surface area contributed by atoms with Gasteiger partial charge in [0, 0.05) is 4.47 Å². The molecule has 0 bridgehead atoms. The molecule has 2 heterocycles. The molecule has 1 aromatic carbocycles. The largest absolute Gasteiger partial charge is 0.315 e. The predicted molar refractivity (Wildman–Crippen MR) is 84.6 cm³/mol. The Morgan fingerprint density at radius 2 is 2.14 bits per heavy atom. The van der Waals surface area contributed by atoms with Gasteiger partial charge in [0.25, 0.3) is 5.78 Å². The summed E-state index contributed by atoms with van der Waals surface area (Å²) in [4.78, 5) is 27.6. The van der Waals surface area contributed by atoms with Crippen LogP contribution in [0, 0.1) is 0 Å². The molecule has 0 saturated carbocycles. The van der Waals surface area contributed by atoms with Crippen LogP contribution in [-0.4, -0.2) is 30.9 Å². The number of fused-ring (bicyclic) bond motifs is 1. The van der Waals surface area contributed by atoms with E-state index in [1.807, 2.05) is 6.07 Å². The smallest absolute Gasteiger partial charge is 0.303 e. The van der Waals surface area contributed by atoms with Crippen molar-refractivity contribution in [2.24, 2.45) is 0 Å². The van der Waals surface area contributed by atoms with Gasteiger partial charge >= 0.3 is 5.91 Å². The van der Waals surface area contributed by atoms with Gasteiger partial charge in [-0.3, -0.25) is 14.5 Å². The molecular weight excluding hydrogens is 332 g/mol. The highest BCUT2D eigenvalue weighted by molar-refractivity contribution is 9.10. The van der Waals surface area contributed by atoms with Gasteiger partial charge in [-0.15, -0.1) is 0 Å². The van der Waals surface area contributed by atoms with E-state index in [1.54, 1.807) is 17.0 Å². The summed E-state index contributed by atoms with van der Waals surface area (Å²) in [7, 11) is 0. The van der Waals surface area contributed by atoms with E-state index in [9.17, 15) is 9.59 Å². The zero-order valence-corrected chi connectivity index (χ0v) is 13.8. The van der Waals surface area contributed by atoms with Crippen LogP contribution in [0.2, 0.25) is 0 Å². The molecule has 1 saturated heterocycles. The van der Waals surface area contributed by atoms with Gasteiger partial charge in [0.2, 0.25) is 0 Å². The molecule has 4 nitrogen and oxygen atoms in total. The van der Waals surface area contributed by atoms with E-state index in [4.69, 9.17) is 0 Å². The highest BCUT2D eigenvalue weighted by Gasteiger charge is 2.40.